The maximum Gasteiger partial charge on any atom is 0.264 e. The molecule has 0 saturated heterocycles. The zero-order valence-corrected chi connectivity index (χ0v) is 22.4. The number of para-hydroxylation sites is 1. The van der Waals surface area contributed by atoms with Crippen molar-refractivity contribution in [1.29, 1.82) is 0 Å². The Labute approximate surface area is 220 Å². The third-order valence-electron chi connectivity index (χ3n) is 6.19. The van der Waals surface area contributed by atoms with E-state index in [2.05, 4.69) is 5.32 Å². The Morgan fingerprint density at radius 3 is 2.11 bits per heavy atom. The van der Waals surface area contributed by atoms with Crippen LogP contribution in [0.3, 0.4) is 0 Å². The molecule has 0 aliphatic rings. The molecule has 0 saturated carbocycles. The molecule has 37 heavy (non-hydrogen) atoms. The van der Waals surface area contributed by atoms with Gasteiger partial charge < -0.3 is 10.2 Å². The molecule has 0 spiro atoms. The molecule has 2 amide bonds. The molecule has 3 aromatic carbocycles. The second-order valence-corrected chi connectivity index (χ2v) is 10.8. The van der Waals surface area contributed by atoms with Crippen LogP contribution in [0.5, 0.6) is 0 Å². The lowest BCUT2D eigenvalue weighted by molar-refractivity contribution is -0.138. The number of anilines is 1. The molecule has 0 aromatic heterocycles. The number of benzene rings is 3. The first-order valence-electron chi connectivity index (χ1n) is 12.5. The Bertz CT molecular complexity index is 1280. The van der Waals surface area contributed by atoms with E-state index >= 15 is 0 Å². The van der Waals surface area contributed by atoms with Gasteiger partial charge in [0.15, 0.2) is 0 Å². The van der Waals surface area contributed by atoms with Crippen LogP contribution in [0.4, 0.5) is 5.69 Å². The zero-order chi connectivity index (χ0) is 26.8. The number of carbonyl (C=O) groups is 2. The largest absolute Gasteiger partial charge is 0.354 e. The third-order valence-corrected chi connectivity index (χ3v) is 7.97. The first-order chi connectivity index (χ1) is 17.8. The van der Waals surface area contributed by atoms with E-state index < -0.39 is 28.5 Å². The third kappa shape index (κ3) is 7.20. The minimum absolute atomic E-state index is 0.0932. The summed E-state index contributed by atoms with van der Waals surface area (Å²) in [5.74, 6) is -0.713. The molecule has 0 radical (unpaired) electrons. The van der Waals surface area contributed by atoms with Gasteiger partial charge in [-0.3, -0.25) is 13.9 Å². The molecule has 1 atom stereocenters. The van der Waals surface area contributed by atoms with Crippen LogP contribution >= 0.6 is 0 Å². The number of hydrogen-bond donors (Lipinski definition) is 1. The Kier molecular flexibility index (Phi) is 9.85. The maximum atomic E-state index is 13.8. The molecule has 0 heterocycles. The summed E-state index contributed by atoms with van der Waals surface area (Å²) in [6.07, 6.45) is 1.31. The Balaban J connectivity index is 1.96. The van der Waals surface area contributed by atoms with Crippen molar-refractivity contribution in [3.8, 4) is 0 Å². The molecule has 7 nitrogen and oxygen atoms in total. The number of nitrogens with zero attached hydrogens (tertiary/aromatic N) is 2. The fourth-order valence-corrected chi connectivity index (χ4v) is 5.54. The molecule has 0 aliphatic heterocycles. The Morgan fingerprint density at radius 2 is 1.49 bits per heavy atom. The average Bonchev–Trinajstić information content (AvgIpc) is 2.91. The van der Waals surface area contributed by atoms with Gasteiger partial charge in [-0.15, -0.1) is 0 Å². The SMILES string of the molecule is CCCNC(=O)[C@@H](C)N(CCc1ccccc1)C(=O)CN(c1ccccc1C)S(=O)(=O)c1ccccc1. The van der Waals surface area contributed by atoms with Gasteiger partial charge in [-0.1, -0.05) is 73.7 Å². The maximum absolute atomic E-state index is 13.8. The van der Waals surface area contributed by atoms with Gasteiger partial charge in [0.2, 0.25) is 11.8 Å². The van der Waals surface area contributed by atoms with Crippen molar-refractivity contribution < 1.29 is 18.0 Å². The number of rotatable bonds is 12. The van der Waals surface area contributed by atoms with Crippen molar-refractivity contribution in [2.75, 3.05) is 23.9 Å². The smallest absolute Gasteiger partial charge is 0.264 e. The molecule has 3 aromatic rings. The van der Waals surface area contributed by atoms with Crippen LogP contribution in [0.2, 0.25) is 0 Å². The lowest BCUT2D eigenvalue weighted by Gasteiger charge is -2.32. The number of hydrogen-bond acceptors (Lipinski definition) is 4. The van der Waals surface area contributed by atoms with E-state index in [-0.39, 0.29) is 17.3 Å². The fourth-order valence-electron chi connectivity index (χ4n) is 4.04. The van der Waals surface area contributed by atoms with E-state index in [9.17, 15) is 18.0 Å². The summed E-state index contributed by atoms with van der Waals surface area (Å²) >= 11 is 0. The summed E-state index contributed by atoms with van der Waals surface area (Å²) in [5.41, 5.74) is 2.17. The van der Waals surface area contributed by atoms with Crippen LogP contribution in [0.15, 0.2) is 89.8 Å². The average molecular weight is 522 g/mol. The van der Waals surface area contributed by atoms with Crippen LogP contribution in [0, 0.1) is 6.92 Å². The highest BCUT2D eigenvalue weighted by atomic mass is 32.2. The molecule has 8 heteroatoms. The molecular formula is C29H35N3O4S. The van der Waals surface area contributed by atoms with Crippen LogP contribution in [0.25, 0.3) is 0 Å². The summed E-state index contributed by atoms with van der Waals surface area (Å²) in [4.78, 5) is 28.2. The van der Waals surface area contributed by atoms with Gasteiger partial charge in [-0.25, -0.2) is 8.42 Å². The van der Waals surface area contributed by atoms with E-state index in [1.165, 1.54) is 17.0 Å². The van der Waals surface area contributed by atoms with E-state index in [0.29, 0.717) is 18.7 Å². The van der Waals surface area contributed by atoms with Crippen LogP contribution in [-0.4, -0.2) is 50.8 Å². The predicted molar refractivity (Wildman–Crippen MR) is 147 cm³/mol. The Morgan fingerprint density at radius 1 is 0.892 bits per heavy atom. The van der Waals surface area contributed by atoms with Gasteiger partial charge in [0.25, 0.3) is 10.0 Å². The molecular weight excluding hydrogens is 486 g/mol. The van der Waals surface area contributed by atoms with E-state index in [1.807, 2.05) is 43.3 Å². The second-order valence-electron chi connectivity index (χ2n) is 8.90. The van der Waals surface area contributed by atoms with Gasteiger partial charge in [0.1, 0.15) is 12.6 Å². The van der Waals surface area contributed by atoms with E-state index in [1.54, 1.807) is 50.2 Å². The van der Waals surface area contributed by atoms with Crippen molar-refractivity contribution in [3.63, 3.8) is 0 Å². The van der Waals surface area contributed by atoms with Gasteiger partial charge >= 0.3 is 0 Å². The van der Waals surface area contributed by atoms with Crippen LogP contribution < -0.4 is 9.62 Å². The highest BCUT2D eigenvalue weighted by molar-refractivity contribution is 7.92. The van der Waals surface area contributed by atoms with Crippen molar-refractivity contribution in [3.05, 3.63) is 96.1 Å². The summed E-state index contributed by atoms with van der Waals surface area (Å²) in [7, 11) is -4.05. The normalized spacial score (nSPS) is 12.0. The quantitative estimate of drug-likeness (QED) is 0.388. The fraction of sp³-hybridized carbons (Fsp3) is 0.310. The molecule has 3 rings (SSSR count). The van der Waals surface area contributed by atoms with Gasteiger partial charge in [0, 0.05) is 13.1 Å². The molecule has 0 bridgehead atoms. The number of aryl methyl sites for hydroxylation is 1. The first-order valence-corrected chi connectivity index (χ1v) is 13.9. The summed E-state index contributed by atoms with van der Waals surface area (Å²) in [6, 6.07) is 24.0. The minimum atomic E-state index is -4.05. The number of sulfonamides is 1. The Hall–Kier alpha value is -3.65. The lowest BCUT2D eigenvalue weighted by Crippen LogP contribution is -2.52. The summed E-state index contributed by atoms with van der Waals surface area (Å²) in [5, 5.41) is 2.85. The van der Waals surface area contributed by atoms with Gasteiger partial charge in [-0.05, 0) is 56.0 Å². The van der Waals surface area contributed by atoms with Crippen molar-refractivity contribution in [1.82, 2.24) is 10.2 Å². The zero-order valence-electron chi connectivity index (χ0n) is 21.6. The minimum Gasteiger partial charge on any atom is -0.354 e. The van der Waals surface area contributed by atoms with Crippen LogP contribution in [-0.2, 0) is 26.0 Å². The standard InChI is InChI=1S/C29H35N3O4S/c1-4-20-30-29(34)24(3)31(21-19-25-14-7-5-8-15-25)28(33)22-32(27-18-12-11-13-23(27)2)37(35,36)26-16-9-6-10-17-26/h5-18,24H,4,19-22H2,1-3H3,(H,30,34)/t24-/m1/s1. The van der Waals surface area contributed by atoms with Crippen molar-refractivity contribution in [2.45, 2.75) is 44.6 Å². The summed E-state index contributed by atoms with van der Waals surface area (Å²) in [6.45, 7) is 5.79. The van der Waals surface area contributed by atoms with Gasteiger partial charge in [0.05, 0.1) is 10.6 Å². The highest BCUT2D eigenvalue weighted by Crippen LogP contribution is 2.27. The monoisotopic (exact) mass is 521 g/mol. The highest BCUT2D eigenvalue weighted by Gasteiger charge is 2.32. The number of nitrogens with one attached hydrogen (secondary N) is 1. The van der Waals surface area contributed by atoms with Gasteiger partial charge in [-0.2, -0.15) is 0 Å². The topological polar surface area (TPSA) is 86.8 Å². The molecule has 0 unspecified atom stereocenters. The van der Waals surface area contributed by atoms with Crippen molar-refractivity contribution >= 4 is 27.5 Å². The molecule has 0 fully saturated rings. The van der Waals surface area contributed by atoms with E-state index in [4.69, 9.17) is 0 Å². The molecule has 196 valence electrons. The van der Waals surface area contributed by atoms with Crippen molar-refractivity contribution in [2.24, 2.45) is 0 Å². The predicted octanol–water partition coefficient (Wildman–Crippen LogP) is 4.18. The summed E-state index contributed by atoms with van der Waals surface area (Å²) < 4.78 is 28.6. The molecule has 1 N–H and O–H groups in total. The van der Waals surface area contributed by atoms with Crippen LogP contribution in [0.1, 0.15) is 31.4 Å². The number of amides is 2. The van der Waals surface area contributed by atoms with E-state index in [0.717, 1.165) is 21.9 Å². The second kappa shape index (κ2) is 13.1. The lowest BCUT2D eigenvalue weighted by atomic mass is 10.1. The molecule has 0 aliphatic carbocycles. The first kappa shape index (κ1) is 27.9. The number of carbonyl (C=O) groups excluding carboxylic acids is 2.